The fraction of sp³-hybridized carbons (Fsp3) is 0.273. The van der Waals surface area contributed by atoms with Crippen molar-refractivity contribution in [3.05, 3.63) is 99.4 Å². The third-order valence-corrected chi connectivity index (χ3v) is 5.47. The SMILES string of the molecule is O=[N+]([O-])c1ccccc1CN1CCCn2cccc2[C@@H]1c1ccc(C(F)(F)F)cc1. The lowest BCUT2D eigenvalue weighted by Gasteiger charge is -2.30. The molecule has 1 aliphatic heterocycles. The number of nitro benzene ring substituents is 1. The first-order valence-electron chi connectivity index (χ1n) is 9.63. The van der Waals surface area contributed by atoms with Crippen LogP contribution in [-0.4, -0.2) is 20.9 Å². The third-order valence-electron chi connectivity index (χ3n) is 5.47. The second kappa shape index (κ2) is 7.95. The molecular weight excluding hydrogens is 395 g/mol. The number of aromatic nitrogens is 1. The summed E-state index contributed by atoms with van der Waals surface area (Å²) < 4.78 is 41.2. The number of benzene rings is 2. The number of nitro groups is 1. The van der Waals surface area contributed by atoms with Crippen LogP contribution in [0.1, 0.15) is 34.8 Å². The van der Waals surface area contributed by atoms with Crippen LogP contribution in [-0.2, 0) is 19.3 Å². The van der Waals surface area contributed by atoms with Gasteiger partial charge in [-0.05, 0) is 36.2 Å². The van der Waals surface area contributed by atoms with Crippen molar-refractivity contribution < 1.29 is 18.1 Å². The van der Waals surface area contributed by atoms with Crippen molar-refractivity contribution in [2.45, 2.75) is 31.7 Å². The molecule has 2 heterocycles. The Bertz CT molecular complexity index is 1040. The highest BCUT2D eigenvalue weighted by molar-refractivity contribution is 5.40. The van der Waals surface area contributed by atoms with Gasteiger partial charge in [-0.1, -0.05) is 30.3 Å². The third kappa shape index (κ3) is 3.95. The summed E-state index contributed by atoms with van der Waals surface area (Å²) in [6.07, 6.45) is -1.60. The van der Waals surface area contributed by atoms with E-state index in [-0.39, 0.29) is 11.7 Å². The Kier molecular flexibility index (Phi) is 5.34. The van der Waals surface area contributed by atoms with Crippen molar-refractivity contribution in [1.82, 2.24) is 9.47 Å². The number of nitrogens with zero attached hydrogens (tertiary/aromatic N) is 3. The van der Waals surface area contributed by atoms with E-state index in [1.54, 1.807) is 18.2 Å². The number of hydrogen-bond acceptors (Lipinski definition) is 3. The molecule has 3 aromatic rings. The lowest BCUT2D eigenvalue weighted by atomic mass is 9.99. The van der Waals surface area contributed by atoms with E-state index in [4.69, 9.17) is 0 Å². The summed E-state index contributed by atoms with van der Waals surface area (Å²) in [6, 6.07) is 15.4. The molecule has 0 radical (unpaired) electrons. The zero-order valence-corrected chi connectivity index (χ0v) is 16.0. The molecular formula is C22H20F3N3O2. The maximum absolute atomic E-state index is 13.0. The molecule has 0 saturated carbocycles. The molecule has 0 amide bonds. The van der Waals surface area contributed by atoms with Gasteiger partial charge in [-0.15, -0.1) is 0 Å². The van der Waals surface area contributed by atoms with E-state index in [9.17, 15) is 23.3 Å². The van der Waals surface area contributed by atoms with E-state index in [2.05, 4.69) is 9.47 Å². The summed E-state index contributed by atoms with van der Waals surface area (Å²) in [6.45, 7) is 1.78. The molecule has 4 rings (SSSR count). The largest absolute Gasteiger partial charge is 0.416 e. The first-order chi connectivity index (χ1) is 14.3. The highest BCUT2D eigenvalue weighted by Crippen LogP contribution is 2.36. The zero-order chi connectivity index (χ0) is 21.3. The maximum atomic E-state index is 13.0. The van der Waals surface area contributed by atoms with Crippen molar-refractivity contribution in [2.24, 2.45) is 0 Å². The van der Waals surface area contributed by atoms with Gasteiger partial charge in [0.1, 0.15) is 0 Å². The predicted molar refractivity (Wildman–Crippen MR) is 106 cm³/mol. The molecule has 1 aromatic heterocycles. The van der Waals surface area contributed by atoms with Crippen LogP contribution >= 0.6 is 0 Å². The van der Waals surface area contributed by atoms with Crippen molar-refractivity contribution in [2.75, 3.05) is 6.54 Å². The minimum Gasteiger partial charge on any atom is -0.350 e. The van der Waals surface area contributed by atoms with Crippen LogP contribution in [0, 0.1) is 10.1 Å². The van der Waals surface area contributed by atoms with Crippen LogP contribution in [0.2, 0.25) is 0 Å². The van der Waals surface area contributed by atoms with Crippen molar-refractivity contribution in [3.63, 3.8) is 0 Å². The fourth-order valence-electron chi connectivity index (χ4n) is 4.09. The van der Waals surface area contributed by atoms with Crippen molar-refractivity contribution in [1.29, 1.82) is 0 Å². The summed E-state index contributed by atoms with van der Waals surface area (Å²) in [5, 5.41) is 11.4. The molecule has 0 N–H and O–H groups in total. The monoisotopic (exact) mass is 415 g/mol. The second-order valence-electron chi connectivity index (χ2n) is 7.36. The fourth-order valence-corrected chi connectivity index (χ4v) is 4.09. The molecule has 0 unspecified atom stereocenters. The average Bonchev–Trinajstić information content (AvgIpc) is 3.09. The Balaban J connectivity index is 1.75. The molecule has 30 heavy (non-hydrogen) atoms. The molecule has 0 spiro atoms. The van der Waals surface area contributed by atoms with Gasteiger partial charge in [0.05, 0.1) is 16.5 Å². The van der Waals surface area contributed by atoms with Crippen molar-refractivity contribution >= 4 is 5.69 Å². The Labute approximate surface area is 171 Å². The van der Waals surface area contributed by atoms with Crippen LogP contribution in [0.3, 0.4) is 0 Å². The summed E-state index contributed by atoms with van der Waals surface area (Å²) >= 11 is 0. The molecule has 5 nitrogen and oxygen atoms in total. The average molecular weight is 415 g/mol. The molecule has 2 aromatic carbocycles. The molecule has 1 atom stereocenters. The quantitative estimate of drug-likeness (QED) is 0.423. The Morgan fingerprint density at radius 1 is 1.00 bits per heavy atom. The molecule has 0 bridgehead atoms. The molecule has 8 heteroatoms. The number of rotatable bonds is 4. The van der Waals surface area contributed by atoms with Gasteiger partial charge in [0, 0.05) is 43.2 Å². The van der Waals surface area contributed by atoms with E-state index in [1.807, 2.05) is 18.3 Å². The van der Waals surface area contributed by atoms with E-state index < -0.39 is 16.7 Å². The van der Waals surface area contributed by atoms with Gasteiger partial charge in [-0.2, -0.15) is 13.2 Å². The molecule has 0 fully saturated rings. The van der Waals surface area contributed by atoms with E-state index >= 15 is 0 Å². The number of fused-ring (bicyclic) bond motifs is 1. The van der Waals surface area contributed by atoms with Gasteiger partial charge in [0.15, 0.2) is 0 Å². The highest BCUT2D eigenvalue weighted by atomic mass is 19.4. The maximum Gasteiger partial charge on any atom is 0.416 e. The van der Waals surface area contributed by atoms with Crippen LogP contribution in [0.25, 0.3) is 0 Å². The normalized spacial score (nSPS) is 17.4. The van der Waals surface area contributed by atoms with Gasteiger partial charge < -0.3 is 4.57 Å². The van der Waals surface area contributed by atoms with Crippen LogP contribution in [0.15, 0.2) is 66.9 Å². The van der Waals surface area contributed by atoms with Crippen LogP contribution < -0.4 is 0 Å². The lowest BCUT2D eigenvalue weighted by molar-refractivity contribution is -0.385. The van der Waals surface area contributed by atoms with Gasteiger partial charge >= 0.3 is 6.18 Å². The lowest BCUT2D eigenvalue weighted by Crippen LogP contribution is -2.29. The summed E-state index contributed by atoms with van der Waals surface area (Å²) in [4.78, 5) is 13.1. The first kappa shape index (κ1) is 20.2. The van der Waals surface area contributed by atoms with E-state index in [1.165, 1.54) is 18.2 Å². The minimum absolute atomic E-state index is 0.0447. The number of alkyl halides is 3. The molecule has 0 saturated heterocycles. The first-order valence-corrected chi connectivity index (χ1v) is 9.63. The Morgan fingerprint density at radius 3 is 2.43 bits per heavy atom. The van der Waals surface area contributed by atoms with Crippen molar-refractivity contribution in [3.8, 4) is 0 Å². The van der Waals surface area contributed by atoms with Gasteiger partial charge in [0.2, 0.25) is 0 Å². The van der Waals surface area contributed by atoms with E-state index in [0.29, 0.717) is 18.7 Å². The summed E-state index contributed by atoms with van der Waals surface area (Å²) in [5.41, 5.74) is 1.62. The number of para-hydroxylation sites is 1. The minimum atomic E-state index is -4.40. The van der Waals surface area contributed by atoms with Crippen LogP contribution in [0.5, 0.6) is 0 Å². The highest BCUT2D eigenvalue weighted by Gasteiger charge is 2.32. The van der Waals surface area contributed by atoms with E-state index in [0.717, 1.165) is 36.4 Å². The van der Waals surface area contributed by atoms with Gasteiger partial charge in [0.25, 0.3) is 5.69 Å². The molecule has 0 aliphatic carbocycles. The van der Waals surface area contributed by atoms with Gasteiger partial charge in [-0.3, -0.25) is 15.0 Å². The number of halogens is 3. The zero-order valence-electron chi connectivity index (χ0n) is 16.0. The second-order valence-corrected chi connectivity index (χ2v) is 7.36. The standard InChI is InChI=1S/C22H20F3N3O2/c23-22(24,25)18-10-8-16(9-11-18)21-20-7-3-12-26(20)13-4-14-27(21)15-17-5-1-2-6-19(17)28(29)30/h1-3,5-12,21H,4,13-15H2/t21-/m0/s1. The predicted octanol–water partition coefficient (Wildman–Crippen LogP) is 5.41. The Morgan fingerprint density at radius 2 is 1.73 bits per heavy atom. The summed E-state index contributed by atoms with van der Waals surface area (Å²) in [5.74, 6) is 0. The topological polar surface area (TPSA) is 51.3 Å². The molecule has 1 aliphatic rings. The molecule has 156 valence electrons. The van der Waals surface area contributed by atoms with Gasteiger partial charge in [-0.25, -0.2) is 0 Å². The number of hydrogen-bond donors (Lipinski definition) is 0. The smallest absolute Gasteiger partial charge is 0.350 e. The summed E-state index contributed by atoms with van der Waals surface area (Å²) in [7, 11) is 0. The number of aryl methyl sites for hydroxylation is 1. The Hall–Kier alpha value is -3.13. The van der Waals surface area contributed by atoms with Crippen LogP contribution in [0.4, 0.5) is 18.9 Å².